The number of nitrogens with zero attached hydrogens (tertiary/aromatic N) is 2. The predicted octanol–water partition coefficient (Wildman–Crippen LogP) is 5.97. The molecule has 0 spiro atoms. The van der Waals surface area contributed by atoms with Crippen molar-refractivity contribution in [2.75, 3.05) is 13.1 Å². The summed E-state index contributed by atoms with van der Waals surface area (Å²) in [6.07, 6.45) is -0.398. The molecule has 43 heavy (non-hydrogen) atoms. The second-order valence-electron chi connectivity index (χ2n) is 12.7. The van der Waals surface area contributed by atoms with Gasteiger partial charge in [-0.3, -0.25) is 4.79 Å². The van der Waals surface area contributed by atoms with E-state index < -0.39 is 32.7 Å². The van der Waals surface area contributed by atoms with Crippen molar-refractivity contribution in [1.29, 1.82) is 0 Å². The molecule has 2 heterocycles. The lowest BCUT2D eigenvalue weighted by Gasteiger charge is -2.36. The van der Waals surface area contributed by atoms with E-state index in [1.807, 2.05) is 10.8 Å². The maximum Gasteiger partial charge on any atom is 0.416 e. The first kappa shape index (κ1) is 31.3. The lowest BCUT2D eigenvalue weighted by atomic mass is 9.86. The first-order valence-corrected chi connectivity index (χ1v) is 16.1. The Bertz CT molecular complexity index is 1580. The summed E-state index contributed by atoms with van der Waals surface area (Å²) in [5, 5.41) is 6.64. The molecule has 1 aliphatic heterocycles. The fraction of sp³-hybridized carbons (Fsp3) is 0.469. The molecule has 7 nitrogen and oxygen atoms in total. The van der Waals surface area contributed by atoms with Crippen LogP contribution in [0.3, 0.4) is 0 Å². The lowest BCUT2D eigenvalue weighted by molar-refractivity contribution is -0.137. The van der Waals surface area contributed by atoms with E-state index in [0.29, 0.717) is 18.3 Å². The number of amides is 1. The Hall–Kier alpha value is -3.15. The molecule has 11 heteroatoms. The SMILES string of the molecule is CC(C)(C)CNCc1ccc2c(c1)CCCC2NC(=O)CC1c2cccn2CCN1S(=O)(=O)c1cccc(C(F)(F)F)c1. The predicted molar refractivity (Wildman–Crippen MR) is 159 cm³/mol. The van der Waals surface area contributed by atoms with Gasteiger partial charge in [-0.1, -0.05) is 45.0 Å². The molecule has 232 valence electrons. The Labute approximate surface area is 251 Å². The first-order valence-electron chi connectivity index (χ1n) is 14.7. The molecule has 2 N–H and O–H groups in total. The normalized spacial score (nSPS) is 19.5. The largest absolute Gasteiger partial charge is 0.416 e. The molecule has 1 amide bonds. The van der Waals surface area contributed by atoms with E-state index in [0.717, 1.165) is 50.0 Å². The number of halogens is 3. The number of carbonyl (C=O) groups is 1. The van der Waals surface area contributed by atoms with Crippen LogP contribution in [0.4, 0.5) is 13.2 Å². The number of sulfonamides is 1. The molecular formula is C32H39F3N4O3S. The van der Waals surface area contributed by atoms with E-state index in [1.165, 1.54) is 21.5 Å². The lowest BCUT2D eigenvalue weighted by Crippen LogP contribution is -2.44. The molecule has 1 aromatic heterocycles. The summed E-state index contributed by atoms with van der Waals surface area (Å²) in [5.41, 5.74) is 3.24. The Morgan fingerprint density at radius 2 is 1.81 bits per heavy atom. The monoisotopic (exact) mass is 616 g/mol. The van der Waals surface area contributed by atoms with E-state index in [2.05, 4.69) is 49.6 Å². The summed E-state index contributed by atoms with van der Waals surface area (Å²) >= 11 is 0. The maximum atomic E-state index is 13.7. The number of benzene rings is 2. The number of fused-ring (bicyclic) bond motifs is 2. The first-order chi connectivity index (χ1) is 20.2. The quantitative estimate of drug-likeness (QED) is 0.327. The van der Waals surface area contributed by atoms with Gasteiger partial charge in [0.1, 0.15) is 0 Å². The van der Waals surface area contributed by atoms with Crippen molar-refractivity contribution in [2.45, 2.75) is 82.7 Å². The number of alkyl halides is 3. The summed E-state index contributed by atoms with van der Waals surface area (Å²) in [6.45, 7) is 8.59. The van der Waals surface area contributed by atoms with E-state index in [1.54, 1.807) is 12.1 Å². The van der Waals surface area contributed by atoms with Gasteiger partial charge in [0.2, 0.25) is 15.9 Å². The van der Waals surface area contributed by atoms with Gasteiger partial charge in [-0.25, -0.2) is 8.42 Å². The molecular weight excluding hydrogens is 577 g/mol. The van der Waals surface area contributed by atoms with E-state index in [-0.39, 0.29) is 30.3 Å². The minimum Gasteiger partial charge on any atom is -0.349 e. The Kier molecular flexibility index (Phi) is 8.79. The van der Waals surface area contributed by atoms with Crippen molar-refractivity contribution < 1.29 is 26.4 Å². The fourth-order valence-corrected chi connectivity index (χ4v) is 7.68. The van der Waals surface area contributed by atoms with E-state index >= 15 is 0 Å². The highest BCUT2D eigenvalue weighted by molar-refractivity contribution is 7.89. The highest BCUT2D eigenvalue weighted by Gasteiger charge is 2.39. The van der Waals surface area contributed by atoms with Crippen LogP contribution in [0.2, 0.25) is 0 Å². The van der Waals surface area contributed by atoms with Crippen LogP contribution in [0.5, 0.6) is 0 Å². The van der Waals surface area contributed by atoms with Crippen molar-refractivity contribution in [1.82, 2.24) is 19.5 Å². The average molecular weight is 617 g/mol. The van der Waals surface area contributed by atoms with Gasteiger partial charge in [0.25, 0.3) is 0 Å². The van der Waals surface area contributed by atoms with Crippen LogP contribution in [0.25, 0.3) is 0 Å². The van der Waals surface area contributed by atoms with Crippen molar-refractivity contribution in [2.24, 2.45) is 5.41 Å². The van der Waals surface area contributed by atoms with Gasteiger partial charge in [0, 0.05) is 44.5 Å². The van der Waals surface area contributed by atoms with Crippen LogP contribution in [-0.4, -0.2) is 36.3 Å². The zero-order valence-corrected chi connectivity index (χ0v) is 25.6. The van der Waals surface area contributed by atoms with E-state index in [4.69, 9.17) is 0 Å². The van der Waals surface area contributed by atoms with Crippen LogP contribution < -0.4 is 10.6 Å². The minimum absolute atomic E-state index is 0.0382. The van der Waals surface area contributed by atoms with Crippen molar-refractivity contribution in [3.63, 3.8) is 0 Å². The minimum atomic E-state index is -4.68. The number of hydrogen-bond acceptors (Lipinski definition) is 4. The second-order valence-corrected chi connectivity index (χ2v) is 14.6. The standard InChI is InChI=1S/C32H39F3N4O3S/c1-31(2,3)21-36-20-22-12-13-26-23(17-22)7-4-10-27(26)37-30(40)19-29-28-11-6-14-38(28)15-16-39(29)43(41,42)25-9-5-8-24(18-25)32(33,34)35/h5-6,8-9,11-14,17-18,27,29,36H,4,7,10,15-16,19-21H2,1-3H3,(H,37,40). The van der Waals surface area contributed by atoms with Crippen molar-refractivity contribution in [3.05, 3.63) is 88.7 Å². The molecule has 0 saturated carbocycles. The molecule has 0 fully saturated rings. The number of hydrogen-bond donors (Lipinski definition) is 2. The molecule has 2 atom stereocenters. The topological polar surface area (TPSA) is 83.4 Å². The Morgan fingerprint density at radius 3 is 2.56 bits per heavy atom. The summed E-state index contributed by atoms with van der Waals surface area (Å²) in [7, 11) is -4.33. The third kappa shape index (κ3) is 7.16. The fourth-order valence-electron chi connectivity index (χ4n) is 6.04. The summed E-state index contributed by atoms with van der Waals surface area (Å²) in [4.78, 5) is 13.1. The average Bonchev–Trinajstić information content (AvgIpc) is 3.42. The molecule has 2 unspecified atom stereocenters. The van der Waals surface area contributed by atoms with Gasteiger partial charge in [0.15, 0.2) is 0 Å². The molecule has 5 rings (SSSR count). The van der Waals surface area contributed by atoms with Gasteiger partial charge in [0.05, 0.1) is 22.5 Å². The zero-order valence-electron chi connectivity index (χ0n) is 24.7. The molecule has 2 aliphatic rings. The third-order valence-electron chi connectivity index (χ3n) is 8.10. The van der Waals surface area contributed by atoms with Crippen LogP contribution in [-0.2, 0) is 40.5 Å². The van der Waals surface area contributed by atoms with Crippen LogP contribution >= 0.6 is 0 Å². The van der Waals surface area contributed by atoms with Crippen LogP contribution in [0, 0.1) is 5.41 Å². The van der Waals surface area contributed by atoms with Crippen LogP contribution in [0.15, 0.2) is 65.7 Å². The zero-order chi connectivity index (χ0) is 31.0. The van der Waals surface area contributed by atoms with Gasteiger partial charge < -0.3 is 15.2 Å². The molecule has 2 aromatic carbocycles. The highest BCUT2D eigenvalue weighted by Crippen LogP contribution is 2.37. The summed E-state index contributed by atoms with van der Waals surface area (Å²) in [6, 6.07) is 12.6. The third-order valence-corrected chi connectivity index (χ3v) is 10.0. The number of nitrogens with one attached hydrogen (secondary N) is 2. The summed E-state index contributed by atoms with van der Waals surface area (Å²) < 4.78 is 70.6. The van der Waals surface area contributed by atoms with Gasteiger partial charge in [-0.15, -0.1) is 0 Å². The molecule has 0 radical (unpaired) electrons. The summed E-state index contributed by atoms with van der Waals surface area (Å²) in [5.74, 6) is -0.308. The number of carbonyl (C=O) groups excluding carboxylic acids is 1. The van der Waals surface area contributed by atoms with Crippen molar-refractivity contribution in [3.8, 4) is 0 Å². The smallest absolute Gasteiger partial charge is 0.349 e. The van der Waals surface area contributed by atoms with Gasteiger partial charge >= 0.3 is 6.18 Å². The number of rotatable bonds is 8. The molecule has 0 saturated heterocycles. The number of aromatic nitrogens is 1. The molecule has 0 bridgehead atoms. The maximum absolute atomic E-state index is 13.7. The van der Waals surface area contributed by atoms with E-state index in [9.17, 15) is 26.4 Å². The van der Waals surface area contributed by atoms with Gasteiger partial charge in [-0.2, -0.15) is 17.5 Å². The molecule has 1 aliphatic carbocycles. The van der Waals surface area contributed by atoms with Crippen LogP contribution in [0.1, 0.15) is 80.1 Å². The highest BCUT2D eigenvalue weighted by atomic mass is 32.2. The van der Waals surface area contributed by atoms with Gasteiger partial charge in [-0.05, 0) is 71.7 Å². The molecule has 3 aromatic rings. The second kappa shape index (κ2) is 12.1. The Balaban J connectivity index is 1.34. The Morgan fingerprint density at radius 1 is 1.02 bits per heavy atom. The number of aryl methyl sites for hydroxylation is 1. The van der Waals surface area contributed by atoms with Crippen molar-refractivity contribution >= 4 is 15.9 Å².